The van der Waals surface area contributed by atoms with Crippen LogP contribution in [-0.2, 0) is 9.59 Å². The van der Waals surface area contributed by atoms with Gasteiger partial charge in [-0.3, -0.25) is 14.4 Å². The van der Waals surface area contributed by atoms with Gasteiger partial charge in [0.25, 0.3) is 5.56 Å². The van der Waals surface area contributed by atoms with Crippen molar-refractivity contribution in [1.82, 2.24) is 9.97 Å². The van der Waals surface area contributed by atoms with Crippen LogP contribution >= 0.6 is 11.8 Å². The number of thioether (sulfide) groups is 1. The average Bonchev–Trinajstić information content (AvgIpc) is 2.47. The molecule has 0 aliphatic rings. The Kier molecular flexibility index (Phi) is 5.59. The molecular weight excluding hydrogens is 330 g/mol. The number of nitrogens with two attached hydrogens (primary N) is 1. The maximum Gasteiger partial charge on any atom is 0.253 e. The van der Waals surface area contributed by atoms with Gasteiger partial charge >= 0.3 is 0 Å². The number of hydrogen-bond donors (Lipinski definition) is 4. The number of benzene rings is 1. The Morgan fingerprint density at radius 2 is 1.79 bits per heavy atom. The van der Waals surface area contributed by atoms with Gasteiger partial charge in [0, 0.05) is 24.4 Å². The van der Waals surface area contributed by atoms with Gasteiger partial charge in [-0.1, -0.05) is 11.8 Å². The van der Waals surface area contributed by atoms with Crippen LogP contribution in [0.15, 0.2) is 40.3 Å². The van der Waals surface area contributed by atoms with Gasteiger partial charge in [-0.2, -0.15) is 0 Å². The third kappa shape index (κ3) is 5.13. The van der Waals surface area contributed by atoms with E-state index in [0.29, 0.717) is 11.4 Å². The molecule has 8 nitrogen and oxygen atoms in total. The van der Waals surface area contributed by atoms with E-state index in [9.17, 15) is 14.4 Å². The van der Waals surface area contributed by atoms with E-state index in [0.717, 1.165) is 11.8 Å². The van der Waals surface area contributed by atoms with Crippen LogP contribution in [0.5, 0.6) is 0 Å². The van der Waals surface area contributed by atoms with Gasteiger partial charge in [0.15, 0.2) is 5.16 Å². The topological polar surface area (TPSA) is 130 Å². The molecule has 126 valence electrons. The van der Waals surface area contributed by atoms with Gasteiger partial charge in [0.05, 0.1) is 5.25 Å². The Balaban J connectivity index is 1.98. The molecule has 24 heavy (non-hydrogen) atoms. The molecule has 1 heterocycles. The summed E-state index contributed by atoms with van der Waals surface area (Å²) < 4.78 is 0. The van der Waals surface area contributed by atoms with Crippen molar-refractivity contribution in [3.05, 3.63) is 40.7 Å². The number of carbonyl (C=O) groups is 2. The van der Waals surface area contributed by atoms with Gasteiger partial charge in [0.2, 0.25) is 11.8 Å². The molecule has 0 fully saturated rings. The lowest BCUT2D eigenvalue weighted by Gasteiger charge is -2.12. The molecular formula is C15H17N5O3S. The van der Waals surface area contributed by atoms with Crippen LogP contribution in [0.4, 0.5) is 17.2 Å². The van der Waals surface area contributed by atoms with Crippen LogP contribution < -0.4 is 21.9 Å². The summed E-state index contributed by atoms with van der Waals surface area (Å²) in [5.41, 5.74) is 6.38. The van der Waals surface area contributed by atoms with Crippen molar-refractivity contribution in [3.63, 3.8) is 0 Å². The summed E-state index contributed by atoms with van der Waals surface area (Å²) in [4.78, 5) is 41.0. The highest BCUT2D eigenvalue weighted by Gasteiger charge is 2.16. The molecule has 0 aliphatic carbocycles. The molecule has 0 saturated carbocycles. The third-order valence-corrected chi connectivity index (χ3v) is 3.85. The number of aromatic nitrogens is 2. The quantitative estimate of drug-likeness (QED) is 0.478. The van der Waals surface area contributed by atoms with E-state index in [-0.39, 0.29) is 28.3 Å². The molecule has 1 unspecified atom stereocenters. The standard InChI is InChI=1S/C15H17N5O3S/c1-8(24-15-19-12(16)7-13(22)20-15)14(23)18-11-5-3-10(4-6-11)17-9(2)21/h3-8H,1-2H3,(H,17,21)(H,18,23)(H3,16,19,20,22). The summed E-state index contributed by atoms with van der Waals surface area (Å²) in [6.07, 6.45) is 0. The first-order valence-electron chi connectivity index (χ1n) is 7.05. The predicted octanol–water partition coefficient (Wildman–Crippen LogP) is 1.43. The molecule has 9 heteroatoms. The average molecular weight is 347 g/mol. The molecule has 0 spiro atoms. The van der Waals surface area contributed by atoms with Crippen LogP contribution in [0.3, 0.4) is 0 Å². The fourth-order valence-corrected chi connectivity index (χ4v) is 2.63. The zero-order valence-corrected chi connectivity index (χ0v) is 13.9. The van der Waals surface area contributed by atoms with E-state index in [4.69, 9.17) is 5.73 Å². The fraction of sp³-hybridized carbons (Fsp3) is 0.200. The van der Waals surface area contributed by atoms with Crippen LogP contribution in [0.25, 0.3) is 0 Å². The van der Waals surface area contributed by atoms with Crippen molar-refractivity contribution >= 4 is 40.8 Å². The van der Waals surface area contributed by atoms with Crippen LogP contribution in [0.2, 0.25) is 0 Å². The van der Waals surface area contributed by atoms with Crippen LogP contribution in [-0.4, -0.2) is 27.0 Å². The number of hydrogen-bond acceptors (Lipinski definition) is 6. The second-order valence-electron chi connectivity index (χ2n) is 4.98. The van der Waals surface area contributed by atoms with Crippen molar-refractivity contribution in [2.75, 3.05) is 16.4 Å². The minimum atomic E-state index is -0.495. The zero-order valence-electron chi connectivity index (χ0n) is 13.1. The molecule has 1 aromatic carbocycles. The van der Waals surface area contributed by atoms with E-state index >= 15 is 0 Å². The number of anilines is 3. The second-order valence-corrected chi connectivity index (χ2v) is 6.31. The number of nitrogen functional groups attached to an aromatic ring is 1. The molecule has 0 radical (unpaired) electrons. The molecule has 2 aromatic rings. The Bertz CT molecular complexity index is 804. The molecule has 2 rings (SSSR count). The molecule has 1 atom stereocenters. The normalized spacial score (nSPS) is 11.6. The summed E-state index contributed by atoms with van der Waals surface area (Å²) in [5.74, 6) is -0.319. The smallest absolute Gasteiger partial charge is 0.253 e. The molecule has 0 aliphatic heterocycles. The minimum Gasteiger partial charge on any atom is -0.383 e. The summed E-state index contributed by atoms with van der Waals surface area (Å²) in [7, 11) is 0. The third-order valence-electron chi connectivity index (χ3n) is 2.87. The highest BCUT2D eigenvalue weighted by Crippen LogP contribution is 2.21. The van der Waals surface area contributed by atoms with E-state index < -0.39 is 5.25 Å². The Hall–Kier alpha value is -2.81. The first-order chi connectivity index (χ1) is 11.3. The first kappa shape index (κ1) is 17.5. The zero-order chi connectivity index (χ0) is 17.7. The van der Waals surface area contributed by atoms with Gasteiger partial charge in [-0.25, -0.2) is 4.98 Å². The summed E-state index contributed by atoms with van der Waals surface area (Å²) in [6.45, 7) is 3.11. The van der Waals surface area contributed by atoms with Gasteiger partial charge < -0.3 is 21.4 Å². The van der Waals surface area contributed by atoms with Crippen molar-refractivity contribution in [2.24, 2.45) is 0 Å². The Morgan fingerprint density at radius 1 is 1.21 bits per heavy atom. The van der Waals surface area contributed by atoms with Crippen molar-refractivity contribution < 1.29 is 9.59 Å². The maximum absolute atomic E-state index is 12.2. The lowest BCUT2D eigenvalue weighted by molar-refractivity contribution is -0.115. The number of nitrogens with zero attached hydrogens (tertiary/aromatic N) is 1. The summed E-state index contributed by atoms with van der Waals surface area (Å²) in [6, 6.07) is 7.91. The number of carbonyl (C=O) groups excluding carboxylic acids is 2. The second kappa shape index (κ2) is 7.64. The van der Waals surface area contributed by atoms with E-state index in [1.54, 1.807) is 31.2 Å². The molecule has 1 aromatic heterocycles. The van der Waals surface area contributed by atoms with Gasteiger partial charge in [0.1, 0.15) is 5.82 Å². The lowest BCUT2D eigenvalue weighted by Crippen LogP contribution is -2.23. The Labute approximate surface area is 142 Å². The largest absolute Gasteiger partial charge is 0.383 e. The number of H-pyrrole nitrogens is 1. The first-order valence-corrected chi connectivity index (χ1v) is 7.93. The molecule has 5 N–H and O–H groups in total. The fourth-order valence-electron chi connectivity index (χ4n) is 1.81. The van der Waals surface area contributed by atoms with E-state index in [1.807, 2.05) is 0 Å². The lowest BCUT2D eigenvalue weighted by atomic mass is 10.2. The number of aromatic amines is 1. The van der Waals surface area contributed by atoms with Crippen molar-refractivity contribution in [3.8, 4) is 0 Å². The Morgan fingerprint density at radius 3 is 2.33 bits per heavy atom. The molecule has 0 bridgehead atoms. The monoisotopic (exact) mass is 347 g/mol. The highest BCUT2D eigenvalue weighted by atomic mass is 32.2. The molecule has 2 amide bonds. The summed E-state index contributed by atoms with van der Waals surface area (Å²) in [5, 5.41) is 5.18. The maximum atomic E-state index is 12.2. The number of amides is 2. The predicted molar refractivity (Wildman–Crippen MR) is 94.0 cm³/mol. The molecule has 0 saturated heterocycles. The van der Waals surface area contributed by atoms with Crippen molar-refractivity contribution in [2.45, 2.75) is 24.3 Å². The van der Waals surface area contributed by atoms with E-state index in [1.165, 1.54) is 13.0 Å². The number of nitrogens with one attached hydrogen (secondary N) is 3. The van der Waals surface area contributed by atoms with Gasteiger partial charge in [-0.15, -0.1) is 0 Å². The van der Waals surface area contributed by atoms with E-state index in [2.05, 4.69) is 20.6 Å². The summed E-state index contributed by atoms with van der Waals surface area (Å²) >= 11 is 1.10. The highest BCUT2D eigenvalue weighted by molar-refractivity contribution is 8.00. The SMILES string of the molecule is CC(=O)Nc1ccc(NC(=O)C(C)Sc2nc(N)cc(=O)[nH]2)cc1. The van der Waals surface area contributed by atoms with Gasteiger partial charge in [-0.05, 0) is 31.2 Å². The van der Waals surface area contributed by atoms with Crippen molar-refractivity contribution in [1.29, 1.82) is 0 Å². The van der Waals surface area contributed by atoms with Crippen LogP contribution in [0, 0.1) is 0 Å². The number of rotatable bonds is 5. The minimum absolute atomic E-state index is 0.0995. The van der Waals surface area contributed by atoms with Crippen LogP contribution in [0.1, 0.15) is 13.8 Å².